The Labute approximate surface area is 149 Å². The minimum Gasteiger partial charge on any atom is -0.508 e. The Balaban J connectivity index is 0.00000264. The zero-order chi connectivity index (χ0) is 16.1. The van der Waals surface area contributed by atoms with Crippen molar-refractivity contribution in [3.63, 3.8) is 0 Å². The van der Waals surface area contributed by atoms with Gasteiger partial charge in [0.2, 0.25) is 0 Å². The van der Waals surface area contributed by atoms with Crippen molar-refractivity contribution >= 4 is 41.6 Å². The van der Waals surface area contributed by atoms with Gasteiger partial charge in [-0.2, -0.15) is 0 Å². The van der Waals surface area contributed by atoms with Crippen LogP contribution >= 0.6 is 35.6 Å². The summed E-state index contributed by atoms with van der Waals surface area (Å²) in [6.45, 7) is 0.217. The molecule has 2 aromatic rings. The Hall–Kier alpha value is -1.53. The summed E-state index contributed by atoms with van der Waals surface area (Å²) >= 11 is 12.0. The first-order valence-corrected chi connectivity index (χ1v) is 7.25. The summed E-state index contributed by atoms with van der Waals surface area (Å²) in [6.07, 6.45) is 3.19. The summed E-state index contributed by atoms with van der Waals surface area (Å²) in [5, 5.41) is 22.2. The van der Waals surface area contributed by atoms with Gasteiger partial charge in [-0.15, -0.1) is 12.4 Å². The zero-order valence-corrected chi connectivity index (χ0v) is 14.2. The quantitative estimate of drug-likeness (QED) is 0.719. The van der Waals surface area contributed by atoms with E-state index in [1.807, 2.05) is 0 Å². The molecule has 2 rings (SSSR count). The number of nitrogens with one attached hydrogen (secondary N) is 1. The van der Waals surface area contributed by atoms with Crippen molar-refractivity contribution < 1.29 is 15.0 Å². The van der Waals surface area contributed by atoms with Crippen LogP contribution in [-0.4, -0.2) is 27.2 Å². The number of hydrogen-bond acceptors (Lipinski definition) is 4. The van der Waals surface area contributed by atoms with E-state index in [1.165, 1.54) is 24.5 Å². The maximum atomic E-state index is 11.4. The lowest BCUT2D eigenvalue weighted by atomic mass is 10.1. The van der Waals surface area contributed by atoms with E-state index in [-0.39, 0.29) is 31.1 Å². The van der Waals surface area contributed by atoms with Gasteiger partial charge in [0.25, 0.3) is 0 Å². The van der Waals surface area contributed by atoms with Crippen molar-refractivity contribution in [3.8, 4) is 5.75 Å². The van der Waals surface area contributed by atoms with Crippen molar-refractivity contribution in [2.24, 2.45) is 0 Å². The summed E-state index contributed by atoms with van der Waals surface area (Å²) < 4.78 is 0. The molecule has 5 nitrogen and oxygen atoms in total. The molecule has 124 valence electrons. The van der Waals surface area contributed by atoms with Gasteiger partial charge in [-0.1, -0.05) is 35.3 Å². The predicted molar refractivity (Wildman–Crippen MR) is 91.6 cm³/mol. The highest BCUT2D eigenvalue weighted by Gasteiger charge is 2.18. The Bertz CT molecular complexity index is 645. The number of benzene rings is 1. The van der Waals surface area contributed by atoms with E-state index in [1.54, 1.807) is 12.1 Å². The number of hydrogen-bond donors (Lipinski definition) is 3. The molecule has 0 spiro atoms. The number of halogens is 3. The van der Waals surface area contributed by atoms with Crippen LogP contribution in [-0.2, 0) is 17.8 Å². The lowest BCUT2D eigenvalue weighted by Crippen LogP contribution is -2.38. The molecular formula is C15H15Cl3N2O3. The van der Waals surface area contributed by atoms with Crippen LogP contribution in [0.5, 0.6) is 5.75 Å². The number of nitrogens with zero attached hydrogens (tertiary/aromatic N) is 1. The monoisotopic (exact) mass is 376 g/mol. The standard InChI is InChI=1S/C15H14Cl2N2O3.ClH/c16-12-7-18-8-13(17)11(12)6-19-14(15(21)22)5-9-1-3-10(20)4-2-9;/h1-4,7-8,14,19-20H,5-6H2,(H,21,22);1H/t14-;/m0./s1. The van der Waals surface area contributed by atoms with Gasteiger partial charge in [0.05, 0.1) is 10.0 Å². The van der Waals surface area contributed by atoms with E-state index in [0.29, 0.717) is 15.6 Å². The third kappa shape index (κ3) is 5.55. The summed E-state index contributed by atoms with van der Waals surface area (Å²) in [5.74, 6) is -0.840. The SMILES string of the molecule is Cl.O=C(O)[C@H](Cc1ccc(O)cc1)NCc1c(Cl)cncc1Cl. The average molecular weight is 378 g/mol. The highest BCUT2D eigenvalue weighted by atomic mass is 35.5. The second-order valence-corrected chi connectivity index (χ2v) is 5.54. The number of rotatable bonds is 6. The van der Waals surface area contributed by atoms with Crippen molar-refractivity contribution in [1.82, 2.24) is 10.3 Å². The Morgan fingerprint density at radius 3 is 2.26 bits per heavy atom. The van der Waals surface area contributed by atoms with Crippen LogP contribution in [0.2, 0.25) is 10.0 Å². The Morgan fingerprint density at radius 1 is 1.17 bits per heavy atom. The van der Waals surface area contributed by atoms with Crippen molar-refractivity contribution in [2.45, 2.75) is 19.0 Å². The smallest absolute Gasteiger partial charge is 0.321 e. The highest BCUT2D eigenvalue weighted by molar-refractivity contribution is 6.35. The normalized spacial score (nSPS) is 11.6. The summed E-state index contributed by atoms with van der Waals surface area (Å²) in [7, 11) is 0. The number of aliphatic carboxylic acids is 1. The second kappa shape index (κ2) is 8.93. The van der Waals surface area contributed by atoms with E-state index in [2.05, 4.69) is 10.3 Å². The molecule has 0 aliphatic carbocycles. The number of phenols is 1. The van der Waals surface area contributed by atoms with Gasteiger partial charge in [0.15, 0.2) is 0 Å². The average Bonchev–Trinajstić information content (AvgIpc) is 2.47. The molecule has 0 aliphatic rings. The largest absolute Gasteiger partial charge is 0.508 e. The van der Waals surface area contributed by atoms with Crippen LogP contribution in [0, 0.1) is 0 Å². The van der Waals surface area contributed by atoms with Crippen LogP contribution in [0.4, 0.5) is 0 Å². The molecular weight excluding hydrogens is 363 g/mol. The molecule has 0 fully saturated rings. The van der Waals surface area contributed by atoms with Crippen molar-refractivity contribution in [2.75, 3.05) is 0 Å². The van der Waals surface area contributed by atoms with Crippen molar-refractivity contribution in [3.05, 3.63) is 57.8 Å². The molecule has 0 aliphatic heterocycles. The topological polar surface area (TPSA) is 82.5 Å². The molecule has 1 heterocycles. The Morgan fingerprint density at radius 2 is 1.74 bits per heavy atom. The van der Waals surface area contributed by atoms with E-state index < -0.39 is 12.0 Å². The molecule has 3 N–H and O–H groups in total. The van der Waals surface area contributed by atoms with Crippen LogP contribution in [0.1, 0.15) is 11.1 Å². The number of carboxylic acids is 1. The lowest BCUT2D eigenvalue weighted by molar-refractivity contribution is -0.139. The first-order valence-electron chi connectivity index (χ1n) is 6.49. The number of pyridine rings is 1. The van der Waals surface area contributed by atoms with Crippen LogP contribution < -0.4 is 5.32 Å². The summed E-state index contributed by atoms with van der Waals surface area (Å²) in [5.41, 5.74) is 1.40. The van der Waals surface area contributed by atoms with Gasteiger partial charge < -0.3 is 10.2 Å². The van der Waals surface area contributed by atoms with Crippen LogP contribution in [0.15, 0.2) is 36.7 Å². The van der Waals surface area contributed by atoms with Crippen LogP contribution in [0.3, 0.4) is 0 Å². The Kier molecular flexibility index (Phi) is 7.58. The van der Waals surface area contributed by atoms with Gasteiger partial charge >= 0.3 is 5.97 Å². The van der Waals surface area contributed by atoms with Gasteiger partial charge in [-0.3, -0.25) is 15.1 Å². The third-order valence-electron chi connectivity index (χ3n) is 3.15. The maximum absolute atomic E-state index is 11.4. The zero-order valence-electron chi connectivity index (χ0n) is 11.9. The molecule has 8 heteroatoms. The van der Waals surface area contributed by atoms with Crippen LogP contribution in [0.25, 0.3) is 0 Å². The number of aromatic nitrogens is 1. The van der Waals surface area contributed by atoms with Gasteiger partial charge in [0, 0.05) is 24.5 Å². The van der Waals surface area contributed by atoms with Gasteiger partial charge in [0.1, 0.15) is 11.8 Å². The third-order valence-corrected chi connectivity index (χ3v) is 3.80. The van der Waals surface area contributed by atoms with E-state index in [9.17, 15) is 15.0 Å². The molecule has 0 saturated heterocycles. The minimum absolute atomic E-state index is 0. The fraction of sp³-hybridized carbons (Fsp3) is 0.200. The molecule has 1 atom stereocenters. The predicted octanol–water partition coefficient (Wildman–Crippen LogP) is 3.30. The fourth-order valence-electron chi connectivity index (χ4n) is 1.95. The first-order chi connectivity index (χ1) is 10.5. The number of carboxylic acid groups (broad SMARTS) is 1. The number of phenolic OH excluding ortho intramolecular Hbond substituents is 1. The van der Waals surface area contributed by atoms with E-state index >= 15 is 0 Å². The minimum atomic E-state index is -0.977. The maximum Gasteiger partial charge on any atom is 0.321 e. The highest BCUT2D eigenvalue weighted by Crippen LogP contribution is 2.22. The lowest BCUT2D eigenvalue weighted by Gasteiger charge is -2.16. The van der Waals surface area contributed by atoms with Gasteiger partial charge in [-0.25, -0.2) is 0 Å². The summed E-state index contributed by atoms with van der Waals surface area (Å²) in [6, 6.07) is 5.60. The molecule has 23 heavy (non-hydrogen) atoms. The molecule has 0 saturated carbocycles. The van der Waals surface area contributed by atoms with E-state index in [4.69, 9.17) is 23.2 Å². The molecule has 0 unspecified atom stereocenters. The summed E-state index contributed by atoms with van der Waals surface area (Å²) in [4.78, 5) is 15.2. The molecule has 0 bridgehead atoms. The molecule has 1 aromatic carbocycles. The van der Waals surface area contributed by atoms with E-state index in [0.717, 1.165) is 5.56 Å². The van der Waals surface area contributed by atoms with Crippen molar-refractivity contribution in [1.29, 1.82) is 0 Å². The first kappa shape index (κ1) is 19.5. The molecule has 1 aromatic heterocycles. The molecule has 0 radical (unpaired) electrons. The fourth-order valence-corrected chi connectivity index (χ4v) is 2.45. The molecule has 0 amide bonds. The van der Waals surface area contributed by atoms with Gasteiger partial charge in [-0.05, 0) is 24.1 Å². The number of aromatic hydroxyl groups is 1. The number of carbonyl (C=O) groups is 1. The second-order valence-electron chi connectivity index (χ2n) is 4.72.